The monoisotopic (exact) mass is 314 g/mol. The normalized spacial score (nSPS) is 18.2. The van der Waals surface area contributed by atoms with Gasteiger partial charge >= 0.3 is 5.97 Å². The first-order valence-electron chi connectivity index (χ1n) is 7.47. The molecule has 3 rings (SSSR count). The smallest absolute Gasteiger partial charge is 0.334 e. The highest BCUT2D eigenvalue weighted by Crippen LogP contribution is 2.20. The number of carboxylic acid groups (broad SMARTS) is 1. The lowest BCUT2D eigenvalue weighted by atomic mass is 10.1. The van der Waals surface area contributed by atoms with Crippen molar-refractivity contribution >= 4 is 22.8 Å². The van der Waals surface area contributed by atoms with E-state index in [2.05, 4.69) is 4.98 Å². The largest absolute Gasteiger partial charge is 0.479 e. The van der Waals surface area contributed by atoms with E-state index in [0.29, 0.717) is 17.8 Å². The van der Waals surface area contributed by atoms with Crippen molar-refractivity contribution in [2.24, 2.45) is 0 Å². The van der Waals surface area contributed by atoms with Crippen molar-refractivity contribution in [3.63, 3.8) is 0 Å². The number of aromatic nitrogens is 1. The highest BCUT2D eigenvalue weighted by atomic mass is 16.5. The number of hydrogen-bond acceptors (Lipinski definition) is 4. The molecule has 1 atom stereocenters. The topological polar surface area (TPSA) is 79.7 Å². The van der Waals surface area contributed by atoms with Crippen LogP contribution in [0.2, 0.25) is 0 Å². The Labute approximate surface area is 133 Å². The third-order valence-corrected chi connectivity index (χ3v) is 4.02. The van der Waals surface area contributed by atoms with Crippen LogP contribution in [-0.2, 0) is 9.53 Å². The predicted octanol–water partition coefficient (Wildman–Crippen LogP) is 1.78. The van der Waals surface area contributed by atoms with Crippen molar-refractivity contribution in [1.29, 1.82) is 0 Å². The minimum absolute atomic E-state index is 0.0551. The summed E-state index contributed by atoms with van der Waals surface area (Å²) in [7, 11) is 0. The van der Waals surface area contributed by atoms with Crippen molar-refractivity contribution in [3.8, 4) is 0 Å². The average Bonchev–Trinajstić information content (AvgIpc) is 2.53. The number of benzene rings is 1. The van der Waals surface area contributed by atoms with Crippen molar-refractivity contribution in [1.82, 2.24) is 9.88 Å². The van der Waals surface area contributed by atoms with Crippen LogP contribution in [0.25, 0.3) is 10.9 Å². The fourth-order valence-electron chi connectivity index (χ4n) is 2.74. The Morgan fingerprint density at radius 1 is 1.30 bits per heavy atom. The molecule has 2 heterocycles. The first-order chi connectivity index (χ1) is 11.0. The van der Waals surface area contributed by atoms with Gasteiger partial charge in [0.25, 0.3) is 5.91 Å². The SMILES string of the molecule is Cc1ccc2cc(C(=O)N3CCO[C@@H](C(=O)O)C3)c(C)nc2c1. The molecular formula is C17H18N2O4. The van der Waals surface area contributed by atoms with Gasteiger partial charge in [0.1, 0.15) is 0 Å². The molecular weight excluding hydrogens is 296 g/mol. The number of carbonyl (C=O) groups is 2. The zero-order chi connectivity index (χ0) is 16.6. The summed E-state index contributed by atoms with van der Waals surface area (Å²) in [4.78, 5) is 29.8. The van der Waals surface area contributed by atoms with Crippen molar-refractivity contribution in [2.75, 3.05) is 19.7 Å². The van der Waals surface area contributed by atoms with E-state index >= 15 is 0 Å². The lowest BCUT2D eigenvalue weighted by Gasteiger charge is -2.31. The average molecular weight is 314 g/mol. The quantitative estimate of drug-likeness (QED) is 0.914. The number of ether oxygens (including phenoxy) is 1. The van der Waals surface area contributed by atoms with Gasteiger partial charge in [-0.3, -0.25) is 9.78 Å². The standard InChI is InChI=1S/C17H18N2O4/c1-10-3-4-12-8-13(11(2)18-14(12)7-10)16(20)19-5-6-23-15(9-19)17(21)22/h3-4,7-8,15H,5-6,9H2,1-2H3,(H,21,22)/t15-/m1/s1. The molecule has 23 heavy (non-hydrogen) atoms. The van der Waals surface area contributed by atoms with Crippen LogP contribution < -0.4 is 0 Å². The van der Waals surface area contributed by atoms with E-state index in [1.807, 2.05) is 31.2 Å². The minimum atomic E-state index is -1.05. The van der Waals surface area contributed by atoms with E-state index in [9.17, 15) is 9.59 Å². The van der Waals surface area contributed by atoms with E-state index in [1.165, 1.54) is 4.90 Å². The molecule has 1 fully saturated rings. The van der Waals surface area contributed by atoms with Crippen molar-refractivity contribution in [3.05, 3.63) is 41.1 Å². The zero-order valence-corrected chi connectivity index (χ0v) is 13.1. The van der Waals surface area contributed by atoms with Crippen LogP contribution in [0.5, 0.6) is 0 Å². The molecule has 0 radical (unpaired) electrons. The van der Waals surface area contributed by atoms with Gasteiger partial charge in [-0.2, -0.15) is 0 Å². The van der Waals surface area contributed by atoms with Crippen molar-refractivity contribution < 1.29 is 19.4 Å². The molecule has 1 saturated heterocycles. The number of hydrogen-bond donors (Lipinski definition) is 1. The van der Waals surface area contributed by atoms with Crippen LogP contribution in [0, 0.1) is 13.8 Å². The maximum Gasteiger partial charge on any atom is 0.334 e. The van der Waals surface area contributed by atoms with Crippen LogP contribution >= 0.6 is 0 Å². The molecule has 1 aliphatic heterocycles. The van der Waals surface area contributed by atoms with Gasteiger partial charge < -0.3 is 14.7 Å². The van der Waals surface area contributed by atoms with Gasteiger partial charge in [0.2, 0.25) is 0 Å². The van der Waals surface area contributed by atoms with Gasteiger partial charge in [-0.25, -0.2) is 4.79 Å². The Morgan fingerprint density at radius 3 is 2.83 bits per heavy atom. The van der Waals surface area contributed by atoms with Gasteiger partial charge in [0.05, 0.1) is 29.9 Å². The van der Waals surface area contributed by atoms with E-state index in [-0.39, 0.29) is 19.1 Å². The number of pyridine rings is 1. The first-order valence-corrected chi connectivity index (χ1v) is 7.47. The Balaban J connectivity index is 1.92. The highest BCUT2D eigenvalue weighted by molar-refractivity contribution is 5.99. The molecule has 1 aromatic heterocycles. The molecule has 0 bridgehead atoms. The maximum atomic E-state index is 12.7. The Morgan fingerprint density at radius 2 is 2.09 bits per heavy atom. The number of carboxylic acids is 1. The fourth-order valence-corrected chi connectivity index (χ4v) is 2.74. The minimum Gasteiger partial charge on any atom is -0.479 e. The molecule has 0 saturated carbocycles. The molecule has 6 heteroatoms. The molecule has 6 nitrogen and oxygen atoms in total. The number of aryl methyl sites for hydroxylation is 2. The van der Waals surface area contributed by atoms with Crippen LogP contribution in [0.3, 0.4) is 0 Å². The van der Waals surface area contributed by atoms with Gasteiger partial charge in [-0.15, -0.1) is 0 Å². The molecule has 0 unspecified atom stereocenters. The molecule has 0 spiro atoms. The van der Waals surface area contributed by atoms with Gasteiger partial charge in [0, 0.05) is 11.9 Å². The molecule has 0 aliphatic carbocycles. The number of morpholine rings is 1. The highest BCUT2D eigenvalue weighted by Gasteiger charge is 2.30. The number of rotatable bonds is 2. The predicted molar refractivity (Wildman–Crippen MR) is 84.5 cm³/mol. The third-order valence-electron chi connectivity index (χ3n) is 4.02. The first kappa shape index (κ1) is 15.4. The van der Waals surface area contributed by atoms with Crippen LogP contribution in [0.15, 0.2) is 24.3 Å². The molecule has 1 N–H and O–H groups in total. The summed E-state index contributed by atoms with van der Waals surface area (Å²) in [6.07, 6.45) is -0.968. The third kappa shape index (κ3) is 3.03. The Kier molecular flexibility index (Phi) is 4.00. The number of carbonyl (C=O) groups excluding carboxylic acids is 1. The summed E-state index contributed by atoms with van der Waals surface area (Å²) >= 11 is 0. The van der Waals surface area contributed by atoms with Gasteiger partial charge in [0.15, 0.2) is 6.10 Å². The summed E-state index contributed by atoms with van der Waals surface area (Å²) in [5, 5.41) is 9.95. The van der Waals surface area contributed by atoms with E-state index < -0.39 is 12.1 Å². The van der Waals surface area contributed by atoms with Gasteiger partial charge in [-0.1, -0.05) is 12.1 Å². The molecule has 1 amide bonds. The second kappa shape index (κ2) is 5.96. The maximum absolute atomic E-state index is 12.7. The lowest BCUT2D eigenvalue weighted by molar-refractivity contribution is -0.154. The number of nitrogens with zero attached hydrogens (tertiary/aromatic N) is 2. The Hall–Kier alpha value is -2.47. The zero-order valence-electron chi connectivity index (χ0n) is 13.1. The van der Waals surface area contributed by atoms with Crippen LogP contribution in [0.1, 0.15) is 21.6 Å². The lowest BCUT2D eigenvalue weighted by Crippen LogP contribution is -2.48. The molecule has 1 aromatic carbocycles. The van der Waals surface area contributed by atoms with Crippen LogP contribution in [-0.4, -0.2) is 52.7 Å². The van der Waals surface area contributed by atoms with E-state index in [0.717, 1.165) is 16.5 Å². The summed E-state index contributed by atoms with van der Waals surface area (Å²) in [6.45, 7) is 4.45. The number of amides is 1. The van der Waals surface area contributed by atoms with Crippen LogP contribution in [0.4, 0.5) is 0 Å². The molecule has 120 valence electrons. The number of fused-ring (bicyclic) bond motifs is 1. The Bertz CT molecular complexity index is 788. The molecule has 1 aliphatic rings. The van der Waals surface area contributed by atoms with Gasteiger partial charge in [-0.05, 0) is 31.5 Å². The summed E-state index contributed by atoms with van der Waals surface area (Å²) < 4.78 is 5.16. The van der Waals surface area contributed by atoms with Crippen molar-refractivity contribution in [2.45, 2.75) is 20.0 Å². The fraction of sp³-hybridized carbons (Fsp3) is 0.353. The molecule has 2 aromatic rings. The summed E-state index contributed by atoms with van der Waals surface area (Å²) in [5.74, 6) is -1.25. The van der Waals surface area contributed by atoms with E-state index in [1.54, 1.807) is 6.92 Å². The number of aliphatic carboxylic acids is 1. The summed E-state index contributed by atoms with van der Waals surface area (Å²) in [5.41, 5.74) is 3.12. The second-order valence-electron chi connectivity index (χ2n) is 5.77. The summed E-state index contributed by atoms with van der Waals surface area (Å²) in [6, 6.07) is 7.71. The van der Waals surface area contributed by atoms with E-state index in [4.69, 9.17) is 9.84 Å². The second-order valence-corrected chi connectivity index (χ2v) is 5.77.